The quantitative estimate of drug-likeness (QED) is 0.780. The highest BCUT2D eigenvalue weighted by molar-refractivity contribution is 9.10. The van der Waals surface area contributed by atoms with Gasteiger partial charge in [-0.1, -0.05) is 15.9 Å². The molecule has 0 unspecified atom stereocenters. The van der Waals surface area contributed by atoms with Crippen molar-refractivity contribution in [2.75, 3.05) is 12.8 Å². The van der Waals surface area contributed by atoms with E-state index in [1.807, 2.05) is 19.1 Å². The smallest absolute Gasteiger partial charge is 0.142 e. The number of benzene rings is 1. The maximum atomic E-state index is 5.74. The van der Waals surface area contributed by atoms with Crippen LogP contribution in [0.1, 0.15) is 5.56 Å². The number of hydrogen-bond donors (Lipinski definition) is 1. The van der Waals surface area contributed by atoms with E-state index in [1.54, 1.807) is 7.11 Å². The maximum Gasteiger partial charge on any atom is 0.142 e. The molecule has 2 N–H and O–H groups in total. The van der Waals surface area contributed by atoms with E-state index in [0.717, 1.165) is 15.8 Å². The first-order valence-electron chi connectivity index (χ1n) is 3.25. The van der Waals surface area contributed by atoms with Crippen molar-refractivity contribution in [1.82, 2.24) is 0 Å². The first-order valence-corrected chi connectivity index (χ1v) is 4.04. The Morgan fingerprint density at radius 1 is 1.42 bits per heavy atom. The van der Waals surface area contributed by atoms with Crippen molar-refractivity contribution >= 4 is 34.0 Å². The molecule has 2 nitrogen and oxygen atoms in total. The fraction of sp³-hybridized carbons (Fsp3) is 0.250. The van der Waals surface area contributed by atoms with Gasteiger partial charge in [0.1, 0.15) is 5.75 Å². The van der Waals surface area contributed by atoms with Crippen LogP contribution in [0.4, 0.5) is 5.69 Å². The molecule has 0 radical (unpaired) electrons. The average Bonchev–Trinajstić information content (AvgIpc) is 2.01. The minimum absolute atomic E-state index is 0. The summed E-state index contributed by atoms with van der Waals surface area (Å²) in [5.74, 6) is 0.728. The van der Waals surface area contributed by atoms with E-state index in [1.165, 1.54) is 0 Å². The topological polar surface area (TPSA) is 35.2 Å². The molecule has 1 rings (SSSR count). The van der Waals surface area contributed by atoms with E-state index in [9.17, 15) is 0 Å². The van der Waals surface area contributed by atoms with Crippen molar-refractivity contribution in [1.29, 1.82) is 0 Å². The van der Waals surface area contributed by atoms with E-state index in [0.29, 0.717) is 5.69 Å². The molecule has 0 spiro atoms. The van der Waals surface area contributed by atoms with Gasteiger partial charge in [0, 0.05) is 4.47 Å². The molecule has 0 fully saturated rings. The molecule has 0 amide bonds. The van der Waals surface area contributed by atoms with Crippen LogP contribution in [0.3, 0.4) is 0 Å². The number of nitrogen functional groups attached to an aromatic ring is 1. The second-order valence-corrected chi connectivity index (χ2v) is 3.14. The Kier molecular flexibility index (Phi) is 4.42. The van der Waals surface area contributed by atoms with E-state index >= 15 is 0 Å². The van der Waals surface area contributed by atoms with Crippen LogP contribution in [0, 0.1) is 6.92 Å². The lowest BCUT2D eigenvalue weighted by Gasteiger charge is -2.07. The molecular formula is C8H11BrClNO. The normalized spacial score (nSPS) is 8.92. The van der Waals surface area contributed by atoms with Gasteiger partial charge in [-0.25, -0.2) is 0 Å². The third kappa shape index (κ3) is 2.05. The van der Waals surface area contributed by atoms with Gasteiger partial charge in [-0.3, -0.25) is 0 Å². The number of nitrogens with two attached hydrogens (primary N) is 1. The molecule has 12 heavy (non-hydrogen) atoms. The predicted molar refractivity (Wildman–Crippen MR) is 57.1 cm³/mol. The zero-order chi connectivity index (χ0) is 8.43. The number of halogens is 2. The molecular weight excluding hydrogens is 241 g/mol. The van der Waals surface area contributed by atoms with Gasteiger partial charge in [-0.2, -0.15) is 0 Å². The zero-order valence-electron chi connectivity index (χ0n) is 6.93. The van der Waals surface area contributed by atoms with Gasteiger partial charge in [0.2, 0.25) is 0 Å². The van der Waals surface area contributed by atoms with Crippen LogP contribution in [0.5, 0.6) is 5.75 Å². The highest BCUT2D eigenvalue weighted by atomic mass is 79.9. The minimum Gasteiger partial charge on any atom is -0.495 e. The molecule has 0 bridgehead atoms. The third-order valence-corrected chi connectivity index (χ3v) is 2.49. The molecule has 0 saturated carbocycles. The summed E-state index contributed by atoms with van der Waals surface area (Å²) < 4.78 is 6.04. The summed E-state index contributed by atoms with van der Waals surface area (Å²) in [4.78, 5) is 0. The van der Waals surface area contributed by atoms with Crippen molar-refractivity contribution in [2.24, 2.45) is 0 Å². The fourth-order valence-electron chi connectivity index (χ4n) is 0.855. The molecule has 0 saturated heterocycles. The lowest BCUT2D eigenvalue weighted by Crippen LogP contribution is -1.95. The Morgan fingerprint density at radius 2 is 2.00 bits per heavy atom. The van der Waals surface area contributed by atoms with Gasteiger partial charge in [0.25, 0.3) is 0 Å². The van der Waals surface area contributed by atoms with Crippen LogP contribution in [-0.4, -0.2) is 7.11 Å². The van der Waals surface area contributed by atoms with E-state index in [4.69, 9.17) is 10.5 Å². The molecule has 0 heterocycles. The maximum absolute atomic E-state index is 5.74. The summed E-state index contributed by atoms with van der Waals surface area (Å²) in [5, 5.41) is 0. The number of methoxy groups -OCH3 is 1. The van der Waals surface area contributed by atoms with Crippen molar-refractivity contribution in [3.63, 3.8) is 0 Å². The van der Waals surface area contributed by atoms with Crippen LogP contribution in [0.25, 0.3) is 0 Å². The second-order valence-electron chi connectivity index (χ2n) is 2.29. The highest BCUT2D eigenvalue weighted by Crippen LogP contribution is 2.29. The Hall–Kier alpha value is -0.410. The SMILES string of the molecule is COc1ccc(Br)c(C)c1N.Cl. The van der Waals surface area contributed by atoms with Gasteiger partial charge >= 0.3 is 0 Å². The molecule has 0 atom stereocenters. The third-order valence-electron chi connectivity index (χ3n) is 1.63. The summed E-state index contributed by atoms with van der Waals surface area (Å²) in [6, 6.07) is 3.76. The monoisotopic (exact) mass is 251 g/mol. The van der Waals surface area contributed by atoms with E-state index in [2.05, 4.69) is 15.9 Å². The van der Waals surface area contributed by atoms with Crippen molar-refractivity contribution in [2.45, 2.75) is 6.92 Å². The second kappa shape index (κ2) is 4.58. The molecule has 1 aromatic carbocycles. The molecule has 0 aliphatic heterocycles. The van der Waals surface area contributed by atoms with Crippen LogP contribution >= 0.6 is 28.3 Å². The predicted octanol–water partition coefficient (Wildman–Crippen LogP) is 2.77. The minimum atomic E-state index is 0. The number of hydrogen-bond acceptors (Lipinski definition) is 2. The number of anilines is 1. The summed E-state index contributed by atoms with van der Waals surface area (Å²) in [7, 11) is 1.61. The first-order chi connectivity index (χ1) is 5.16. The van der Waals surface area contributed by atoms with Crippen molar-refractivity contribution < 1.29 is 4.74 Å². The summed E-state index contributed by atoms with van der Waals surface area (Å²) in [6.07, 6.45) is 0. The molecule has 68 valence electrons. The molecule has 0 aromatic heterocycles. The fourth-order valence-corrected chi connectivity index (χ4v) is 1.20. The molecule has 4 heteroatoms. The highest BCUT2D eigenvalue weighted by Gasteiger charge is 2.03. The standard InChI is InChI=1S/C8H10BrNO.ClH/c1-5-6(9)3-4-7(11-2)8(5)10;/h3-4H,10H2,1-2H3;1H. The van der Waals surface area contributed by atoms with E-state index < -0.39 is 0 Å². The van der Waals surface area contributed by atoms with Crippen LogP contribution < -0.4 is 10.5 Å². The number of rotatable bonds is 1. The van der Waals surface area contributed by atoms with Crippen molar-refractivity contribution in [3.05, 3.63) is 22.2 Å². The van der Waals surface area contributed by atoms with Crippen LogP contribution in [0.15, 0.2) is 16.6 Å². The van der Waals surface area contributed by atoms with Gasteiger partial charge in [0.05, 0.1) is 12.8 Å². The van der Waals surface area contributed by atoms with Gasteiger partial charge in [-0.05, 0) is 24.6 Å². The summed E-state index contributed by atoms with van der Waals surface area (Å²) in [6.45, 7) is 1.95. The molecule has 1 aromatic rings. The largest absolute Gasteiger partial charge is 0.495 e. The Labute approximate surface area is 86.6 Å². The zero-order valence-corrected chi connectivity index (χ0v) is 9.33. The molecule has 0 aliphatic rings. The Bertz CT molecular complexity index is 278. The number of ether oxygens (including phenoxy) is 1. The summed E-state index contributed by atoms with van der Waals surface area (Å²) in [5.41, 5.74) is 7.45. The van der Waals surface area contributed by atoms with Gasteiger partial charge in [0.15, 0.2) is 0 Å². The van der Waals surface area contributed by atoms with Gasteiger partial charge < -0.3 is 10.5 Å². The van der Waals surface area contributed by atoms with Crippen LogP contribution in [-0.2, 0) is 0 Å². The lowest BCUT2D eigenvalue weighted by atomic mass is 10.2. The summed E-state index contributed by atoms with van der Waals surface area (Å²) >= 11 is 3.37. The van der Waals surface area contributed by atoms with E-state index in [-0.39, 0.29) is 12.4 Å². The average molecular weight is 253 g/mol. The lowest BCUT2D eigenvalue weighted by molar-refractivity contribution is 0.416. The van der Waals surface area contributed by atoms with Crippen LogP contribution in [0.2, 0.25) is 0 Å². The first kappa shape index (κ1) is 11.6. The molecule has 0 aliphatic carbocycles. The van der Waals surface area contributed by atoms with Gasteiger partial charge in [-0.15, -0.1) is 12.4 Å². The van der Waals surface area contributed by atoms with Crippen molar-refractivity contribution in [3.8, 4) is 5.75 Å². The Balaban J connectivity index is 0.00000121. The Morgan fingerprint density at radius 3 is 2.50 bits per heavy atom.